The summed E-state index contributed by atoms with van der Waals surface area (Å²) in [5, 5.41) is 25.7. The SMILES string of the molecule is C=CC1=C(C)C2=NC1=CC1=NC(=CC3=C(C)C4=C(O)CC(=C5NC(=C2)C(C)C5CCC(=O)NCCCCC(C(=O)CNC(=O)CNC(=O)C(N)C[S-])C(=O)NCCOCCOCC(N)=O)C4=N3)C(CC)=C1C.[Au+]. The first kappa shape index (κ1) is 58.2. The van der Waals surface area contributed by atoms with Crippen molar-refractivity contribution in [2.45, 2.75) is 85.6 Å². The minimum absolute atomic E-state index is 0. The second-order valence-electron chi connectivity index (χ2n) is 18.3. The Morgan fingerprint density at radius 1 is 0.890 bits per heavy atom. The molecule has 5 amide bonds. The van der Waals surface area contributed by atoms with E-state index in [1.807, 2.05) is 32.1 Å². The smallest absolute Gasteiger partial charge is 0.791 e. The second-order valence-corrected chi connectivity index (χ2v) is 18.7. The molecule has 5 aliphatic heterocycles. The number of ketones is 1. The molecule has 0 aromatic rings. The first-order valence-corrected chi connectivity index (χ1v) is 25.0. The summed E-state index contributed by atoms with van der Waals surface area (Å²) in [4.78, 5) is 90.7. The van der Waals surface area contributed by atoms with Crippen LogP contribution in [-0.2, 0) is 73.2 Å². The maximum absolute atomic E-state index is 13.5. The first-order valence-electron chi connectivity index (χ1n) is 24.5. The Balaban J connectivity index is 0.00000988. The van der Waals surface area contributed by atoms with E-state index >= 15 is 0 Å². The summed E-state index contributed by atoms with van der Waals surface area (Å²) in [6.07, 6.45) is 10.7. The van der Waals surface area contributed by atoms with Crippen molar-refractivity contribution < 1.29 is 65.7 Å². The summed E-state index contributed by atoms with van der Waals surface area (Å²) in [5.41, 5.74) is 23.8. The summed E-state index contributed by atoms with van der Waals surface area (Å²) in [7, 11) is 0. The molecule has 1 saturated heterocycles. The number of aliphatic hydroxyl groups excluding tert-OH is 1. The maximum Gasteiger partial charge on any atom is 1.00 e. The molecule has 1 fully saturated rings. The van der Waals surface area contributed by atoms with E-state index in [1.54, 1.807) is 0 Å². The molecule has 73 heavy (non-hydrogen) atoms. The number of hydrogen-bond acceptors (Lipinski definition) is 15. The number of amides is 5. The fraction of sp³-hybridized carbons (Fsp3) is 0.481. The van der Waals surface area contributed by atoms with Crippen LogP contribution in [-0.4, -0.2) is 122 Å². The molecule has 6 aliphatic rings. The van der Waals surface area contributed by atoms with E-state index in [1.165, 1.54) is 0 Å². The van der Waals surface area contributed by atoms with Gasteiger partial charge in [0.1, 0.15) is 12.4 Å². The van der Waals surface area contributed by atoms with Gasteiger partial charge in [-0.1, -0.05) is 32.9 Å². The van der Waals surface area contributed by atoms with Crippen LogP contribution in [0.2, 0.25) is 0 Å². The van der Waals surface area contributed by atoms with E-state index in [2.05, 4.69) is 60.0 Å². The Kier molecular flexibility index (Phi) is 21.5. The molecular weight excluding hydrogens is 1140 g/mol. The Labute approximate surface area is 447 Å². The van der Waals surface area contributed by atoms with Gasteiger partial charge in [-0.3, -0.25) is 28.8 Å². The number of nitrogens with two attached hydrogens (primary N) is 2. The largest absolute Gasteiger partial charge is 1.00 e. The summed E-state index contributed by atoms with van der Waals surface area (Å²) in [6, 6.07) is -0.954. The number of carbonyl (C=O) groups is 6. The molecule has 0 aromatic carbocycles. The van der Waals surface area contributed by atoms with Crippen LogP contribution in [0.25, 0.3) is 0 Å². The molecule has 1 aliphatic carbocycles. The van der Waals surface area contributed by atoms with Gasteiger partial charge in [0.25, 0.3) is 0 Å². The van der Waals surface area contributed by atoms with Crippen molar-refractivity contribution in [3.63, 3.8) is 0 Å². The second kappa shape index (κ2) is 27.0. The molecule has 4 unspecified atom stereocenters. The molecule has 0 radical (unpaired) electrons. The van der Waals surface area contributed by atoms with Gasteiger partial charge in [-0.25, -0.2) is 15.0 Å². The van der Waals surface area contributed by atoms with Crippen LogP contribution in [0, 0.1) is 17.8 Å². The molecule has 6 rings (SSSR count). The van der Waals surface area contributed by atoms with Crippen molar-refractivity contribution in [3.05, 3.63) is 104 Å². The number of aliphatic imine (C=N–C) groups is 3. The topological polar surface area (TPSA) is 290 Å². The number of carbonyl (C=O) groups excluding carboxylic acids is 6. The molecular formula is C52H67AuN10O9S. The van der Waals surface area contributed by atoms with Gasteiger partial charge in [-0.15, -0.1) is 0 Å². The van der Waals surface area contributed by atoms with Crippen LogP contribution in [0.3, 0.4) is 0 Å². The summed E-state index contributed by atoms with van der Waals surface area (Å²) >= 11 is 4.79. The molecule has 8 bridgehead atoms. The van der Waals surface area contributed by atoms with Crippen LogP contribution >= 0.6 is 0 Å². The van der Waals surface area contributed by atoms with Crippen molar-refractivity contribution in [1.82, 2.24) is 26.6 Å². The Hall–Kier alpha value is -5.74. The number of allylic oxidation sites excluding steroid dienone is 12. The van der Waals surface area contributed by atoms with Crippen LogP contribution in [0.1, 0.15) is 79.6 Å². The Morgan fingerprint density at radius 2 is 1.62 bits per heavy atom. The van der Waals surface area contributed by atoms with E-state index in [9.17, 15) is 33.9 Å². The number of aliphatic hydroxyl groups is 1. The predicted octanol–water partition coefficient (Wildman–Crippen LogP) is 2.83. The number of fused-ring (bicyclic) bond motifs is 5. The van der Waals surface area contributed by atoms with Gasteiger partial charge in [0.05, 0.1) is 79.1 Å². The zero-order valence-electron chi connectivity index (χ0n) is 42.1. The average molecular weight is 1210 g/mol. The number of rotatable bonds is 26. The van der Waals surface area contributed by atoms with E-state index in [-0.39, 0.29) is 97.4 Å². The first-order chi connectivity index (χ1) is 34.5. The van der Waals surface area contributed by atoms with Crippen molar-refractivity contribution in [1.29, 1.82) is 0 Å². The predicted molar refractivity (Wildman–Crippen MR) is 277 cm³/mol. The van der Waals surface area contributed by atoms with Crippen molar-refractivity contribution in [2.75, 3.05) is 58.4 Å². The van der Waals surface area contributed by atoms with Gasteiger partial charge in [-0.05, 0) is 87.0 Å². The van der Waals surface area contributed by atoms with E-state index in [4.69, 9.17) is 48.5 Å². The standard InChI is InChI=1S/C52H68N10O9S.Au/c1-7-31-27(3)37-20-39-29(5)33(49(61-39)35-19-43(63)48-30(6)40(62-50(35)48)22-42-32(8-2)28(4)38(60-42)21-41(31)59-37)12-13-46(66)55-14-10-9-11-34(51(68)56-15-16-70-17-18-71-25-45(54)65)44(64)23-57-47(67)24-58-52(69)36(53)26-72;/h7,20-22,29,33-34,36,61,63,72H,1,8-19,23-26,53H2,2-6H3,(H2,54,65)(H,55,66)(H,56,68)(H,57,67)(H,58,69);/q;+1/p-1. The third-order valence-corrected chi connectivity index (χ3v) is 13.9. The maximum atomic E-state index is 13.5. The summed E-state index contributed by atoms with van der Waals surface area (Å²) in [6.45, 7) is 14.1. The van der Waals surface area contributed by atoms with Crippen LogP contribution in [0.15, 0.2) is 119 Å². The average Bonchev–Trinajstić information content (AvgIpc) is 4.11. The fourth-order valence-corrected chi connectivity index (χ4v) is 9.56. The molecule has 5 heterocycles. The minimum Gasteiger partial charge on any atom is -0.791 e. The molecule has 0 spiro atoms. The third-order valence-electron chi connectivity index (χ3n) is 13.5. The molecule has 4 atom stereocenters. The van der Waals surface area contributed by atoms with E-state index < -0.39 is 54.5 Å². The number of unbranched alkanes of at least 4 members (excludes halogenated alkanes) is 1. The third kappa shape index (κ3) is 14.3. The van der Waals surface area contributed by atoms with Gasteiger partial charge >= 0.3 is 22.4 Å². The van der Waals surface area contributed by atoms with Crippen molar-refractivity contribution >= 4 is 65.1 Å². The number of nitrogens with zero attached hydrogens (tertiary/aromatic N) is 3. The molecule has 396 valence electrons. The normalized spacial score (nSPS) is 19.5. The van der Waals surface area contributed by atoms with Gasteiger partial charge in [-0.2, -0.15) is 5.75 Å². The zero-order chi connectivity index (χ0) is 52.2. The summed E-state index contributed by atoms with van der Waals surface area (Å²) < 4.78 is 10.5. The van der Waals surface area contributed by atoms with Crippen molar-refractivity contribution in [2.24, 2.45) is 44.2 Å². The van der Waals surface area contributed by atoms with E-state index in [0.29, 0.717) is 32.2 Å². The van der Waals surface area contributed by atoms with Gasteiger partial charge < -0.3 is 65.3 Å². The van der Waals surface area contributed by atoms with Crippen molar-refractivity contribution in [3.8, 4) is 0 Å². The van der Waals surface area contributed by atoms with Gasteiger partial charge in [0.2, 0.25) is 29.5 Å². The molecule has 10 N–H and O–H groups in total. The molecule has 21 heteroatoms. The molecule has 0 saturated carbocycles. The van der Waals surface area contributed by atoms with Crippen LogP contribution < -0.4 is 38.1 Å². The monoisotopic (exact) mass is 1200 g/mol. The van der Waals surface area contributed by atoms with Crippen LogP contribution in [0.4, 0.5) is 0 Å². The number of primary amides is 1. The van der Waals surface area contributed by atoms with E-state index in [0.717, 1.165) is 91.1 Å². The Bertz CT molecular complexity index is 2640. The number of nitrogens with one attached hydrogen (secondary N) is 5. The van der Waals surface area contributed by atoms with Crippen LogP contribution in [0.5, 0.6) is 0 Å². The summed E-state index contributed by atoms with van der Waals surface area (Å²) in [5.74, 6) is -4.20. The quantitative estimate of drug-likeness (QED) is 0.0269. The number of ether oxygens (including phenoxy) is 2. The fourth-order valence-electron chi connectivity index (χ4n) is 9.40. The number of hydrogen-bond donors (Lipinski definition) is 8. The Morgan fingerprint density at radius 3 is 2.33 bits per heavy atom. The molecule has 19 nitrogen and oxygen atoms in total. The zero-order valence-corrected chi connectivity index (χ0v) is 45.0. The minimum atomic E-state index is -1.12. The van der Waals surface area contributed by atoms with Gasteiger partial charge in [0, 0.05) is 65.9 Å². The van der Waals surface area contributed by atoms with Gasteiger partial charge in [0.15, 0.2) is 5.78 Å². The molecule has 0 aromatic heterocycles. The number of Topliss-reactive ketones (excluding diaryl/α,β-unsaturated/α-hetero) is 1.